The second kappa shape index (κ2) is 11.5. The van der Waals surface area contributed by atoms with Gasteiger partial charge in [-0.2, -0.15) is 13.2 Å². The molecule has 9 heteroatoms. The zero-order valence-electron chi connectivity index (χ0n) is 19.2. The highest BCUT2D eigenvalue weighted by atomic mass is 19.4. The molecule has 1 N–H and O–H groups in total. The van der Waals surface area contributed by atoms with Crippen molar-refractivity contribution < 1.29 is 42.0 Å². The van der Waals surface area contributed by atoms with Gasteiger partial charge in [0.15, 0.2) is 18.1 Å². The summed E-state index contributed by atoms with van der Waals surface area (Å²) in [6.45, 7) is 3.67. The molecule has 0 aromatic heterocycles. The summed E-state index contributed by atoms with van der Waals surface area (Å²) in [5.41, 5.74) is -0.113. The zero-order valence-corrected chi connectivity index (χ0v) is 19.2. The fourth-order valence-corrected chi connectivity index (χ4v) is 3.03. The van der Waals surface area contributed by atoms with Crippen molar-refractivity contribution in [2.75, 3.05) is 19.8 Å². The minimum Gasteiger partial charge on any atom is -0.493 e. The molecule has 186 valence electrons. The van der Waals surface area contributed by atoms with Gasteiger partial charge >= 0.3 is 12.1 Å². The number of carboxylic acids is 1. The van der Waals surface area contributed by atoms with Gasteiger partial charge in [0.1, 0.15) is 17.2 Å². The molecule has 0 fully saturated rings. The van der Waals surface area contributed by atoms with Gasteiger partial charge in [-0.1, -0.05) is 25.1 Å². The molecule has 0 amide bonds. The molecule has 35 heavy (non-hydrogen) atoms. The van der Waals surface area contributed by atoms with E-state index in [-0.39, 0.29) is 30.6 Å². The molecule has 0 aliphatic heterocycles. The van der Waals surface area contributed by atoms with Crippen molar-refractivity contribution in [3.05, 3.63) is 77.9 Å². The van der Waals surface area contributed by atoms with Crippen LogP contribution >= 0.6 is 0 Å². The molecule has 0 aliphatic rings. The number of ether oxygens (including phenoxy) is 4. The van der Waals surface area contributed by atoms with Gasteiger partial charge in [-0.15, -0.1) is 0 Å². The van der Waals surface area contributed by atoms with Gasteiger partial charge in [0.05, 0.1) is 18.8 Å². The molecule has 0 saturated carbocycles. The Balaban J connectivity index is 1.61. The number of hydrogen-bond acceptors (Lipinski definition) is 5. The predicted octanol–water partition coefficient (Wildman–Crippen LogP) is 6.36. The predicted molar refractivity (Wildman–Crippen MR) is 122 cm³/mol. The van der Waals surface area contributed by atoms with Crippen molar-refractivity contribution >= 4 is 5.97 Å². The van der Waals surface area contributed by atoms with E-state index in [1.54, 1.807) is 55.5 Å². The van der Waals surface area contributed by atoms with Gasteiger partial charge < -0.3 is 24.1 Å². The highest BCUT2D eigenvalue weighted by Gasteiger charge is 2.31. The van der Waals surface area contributed by atoms with Crippen molar-refractivity contribution in [2.24, 2.45) is 5.92 Å². The third-order valence-electron chi connectivity index (χ3n) is 4.80. The first-order valence-electron chi connectivity index (χ1n) is 10.8. The number of hydrogen-bond donors (Lipinski definition) is 1. The molecular formula is C26H25F3O6. The largest absolute Gasteiger partial charge is 0.493 e. The minimum atomic E-state index is -4.51. The molecule has 0 spiro atoms. The lowest BCUT2D eigenvalue weighted by molar-refractivity contribution is -0.139. The molecule has 0 radical (unpaired) electrons. The van der Waals surface area contributed by atoms with Crippen LogP contribution in [0.4, 0.5) is 13.2 Å². The molecule has 1 unspecified atom stereocenters. The highest BCUT2D eigenvalue weighted by Crippen LogP contribution is 2.38. The van der Waals surface area contributed by atoms with E-state index in [1.807, 2.05) is 6.92 Å². The maximum atomic E-state index is 13.2. The van der Waals surface area contributed by atoms with Crippen LogP contribution in [-0.4, -0.2) is 30.9 Å². The lowest BCUT2D eigenvalue weighted by atomic mass is 10.2. The van der Waals surface area contributed by atoms with Crippen molar-refractivity contribution in [1.29, 1.82) is 0 Å². The maximum Gasteiger partial charge on any atom is 0.416 e. The summed E-state index contributed by atoms with van der Waals surface area (Å²) in [5, 5.41) is 8.72. The van der Waals surface area contributed by atoms with Crippen LogP contribution in [0.25, 0.3) is 0 Å². The van der Waals surface area contributed by atoms with Crippen LogP contribution in [0.3, 0.4) is 0 Å². The second-order valence-corrected chi connectivity index (χ2v) is 7.91. The minimum absolute atomic E-state index is 0.0354. The second-order valence-electron chi connectivity index (χ2n) is 7.91. The van der Waals surface area contributed by atoms with E-state index in [0.29, 0.717) is 17.2 Å². The number of aryl methyl sites for hydroxylation is 1. The van der Waals surface area contributed by atoms with Gasteiger partial charge in [0.2, 0.25) is 0 Å². The summed E-state index contributed by atoms with van der Waals surface area (Å²) >= 11 is 0. The zero-order chi connectivity index (χ0) is 25.4. The molecule has 3 aromatic rings. The van der Waals surface area contributed by atoms with Crippen LogP contribution < -0.4 is 18.9 Å². The summed E-state index contributed by atoms with van der Waals surface area (Å²) < 4.78 is 62.0. The van der Waals surface area contributed by atoms with Crippen molar-refractivity contribution in [2.45, 2.75) is 20.0 Å². The summed E-state index contributed by atoms with van der Waals surface area (Å²) in [6.07, 6.45) is -4.51. The number of benzene rings is 3. The number of rotatable bonds is 11. The molecule has 1 atom stereocenters. The van der Waals surface area contributed by atoms with Crippen LogP contribution in [-0.2, 0) is 11.0 Å². The lowest BCUT2D eigenvalue weighted by Crippen LogP contribution is -2.17. The molecule has 3 aromatic carbocycles. The van der Waals surface area contributed by atoms with Crippen LogP contribution in [0, 0.1) is 12.8 Å². The molecule has 6 nitrogen and oxygen atoms in total. The molecule has 0 heterocycles. The number of carbonyl (C=O) groups is 1. The molecule has 0 bridgehead atoms. The average Bonchev–Trinajstić information content (AvgIpc) is 2.81. The van der Waals surface area contributed by atoms with E-state index in [2.05, 4.69) is 0 Å². The molecule has 0 aliphatic carbocycles. The monoisotopic (exact) mass is 490 g/mol. The van der Waals surface area contributed by atoms with E-state index in [4.69, 9.17) is 24.1 Å². The fourth-order valence-electron chi connectivity index (χ4n) is 3.03. The normalized spacial score (nSPS) is 12.0. The van der Waals surface area contributed by atoms with E-state index >= 15 is 0 Å². The maximum absolute atomic E-state index is 13.2. The number of carboxylic acid groups (broad SMARTS) is 1. The van der Waals surface area contributed by atoms with Crippen LogP contribution in [0.5, 0.6) is 28.7 Å². The Morgan fingerprint density at radius 2 is 1.54 bits per heavy atom. The molecule has 3 rings (SSSR count). The van der Waals surface area contributed by atoms with Crippen molar-refractivity contribution in [3.8, 4) is 28.7 Å². The van der Waals surface area contributed by atoms with Crippen molar-refractivity contribution in [3.63, 3.8) is 0 Å². The molecule has 0 saturated heterocycles. The fraction of sp³-hybridized carbons (Fsp3) is 0.269. The van der Waals surface area contributed by atoms with Gasteiger partial charge in [-0.3, -0.25) is 0 Å². The number of alkyl halides is 3. The van der Waals surface area contributed by atoms with Gasteiger partial charge in [-0.05, 0) is 61.0 Å². The van der Waals surface area contributed by atoms with Gasteiger partial charge in [-0.25, -0.2) is 4.79 Å². The Bertz CT molecular complexity index is 1130. The average molecular weight is 490 g/mol. The summed E-state index contributed by atoms with van der Waals surface area (Å²) in [4.78, 5) is 10.6. The van der Waals surface area contributed by atoms with E-state index in [0.717, 1.165) is 17.7 Å². The number of aliphatic carboxylic acids is 1. The first-order chi connectivity index (χ1) is 16.6. The standard InChI is InChI=1S/C26H25F3O6/c1-17(14-32-21-9-11-22(18(2)12-21)34-16-25(30)31)15-33-23-10-8-19(26(27,28)29)13-24(23)35-20-6-4-3-5-7-20/h3-13,17H,14-16H2,1-2H3,(H,30,31). The first-order valence-corrected chi connectivity index (χ1v) is 10.8. The SMILES string of the molecule is Cc1cc(OCC(C)COc2ccc(C(F)(F)F)cc2Oc2ccccc2)ccc1OCC(=O)O. The van der Waals surface area contributed by atoms with Crippen molar-refractivity contribution in [1.82, 2.24) is 0 Å². The number of para-hydroxylation sites is 1. The van der Waals surface area contributed by atoms with Crippen LogP contribution in [0.2, 0.25) is 0 Å². The Kier molecular flexibility index (Phi) is 8.46. The van der Waals surface area contributed by atoms with E-state index < -0.39 is 24.3 Å². The number of halogens is 3. The van der Waals surface area contributed by atoms with Crippen LogP contribution in [0.15, 0.2) is 66.7 Å². The van der Waals surface area contributed by atoms with E-state index in [1.165, 1.54) is 6.07 Å². The van der Waals surface area contributed by atoms with Crippen LogP contribution in [0.1, 0.15) is 18.1 Å². The quantitative estimate of drug-likeness (QED) is 0.337. The summed E-state index contributed by atoms with van der Waals surface area (Å²) in [6, 6.07) is 16.6. The Labute approximate surface area is 200 Å². The smallest absolute Gasteiger partial charge is 0.416 e. The van der Waals surface area contributed by atoms with E-state index in [9.17, 15) is 18.0 Å². The Hall–Kier alpha value is -3.88. The van der Waals surface area contributed by atoms with Gasteiger partial charge in [0.25, 0.3) is 0 Å². The first kappa shape index (κ1) is 25.7. The van der Waals surface area contributed by atoms with Gasteiger partial charge in [0, 0.05) is 5.92 Å². The molecular weight excluding hydrogens is 465 g/mol. The third kappa shape index (κ3) is 7.84. The Morgan fingerprint density at radius 1 is 0.857 bits per heavy atom. The topological polar surface area (TPSA) is 74.2 Å². The Morgan fingerprint density at radius 3 is 2.20 bits per heavy atom. The summed E-state index contributed by atoms with van der Waals surface area (Å²) in [5.74, 6) is 0.383. The highest BCUT2D eigenvalue weighted by molar-refractivity contribution is 5.68. The lowest BCUT2D eigenvalue weighted by Gasteiger charge is -2.18. The third-order valence-corrected chi connectivity index (χ3v) is 4.80. The summed E-state index contributed by atoms with van der Waals surface area (Å²) in [7, 11) is 0.